The number of benzene rings is 2. The number of piperidine rings is 1. The number of nitrogens with zero attached hydrogens (tertiary/aromatic N) is 3. The molecule has 162 valence electrons. The number of carbonyl (C=O) groups is 1. The number of anilines is 1. The van der Waals surface area contributed by atoms with Gasteiger partial charge in [-0.3, -0.25) is 10.2 Å². The zero-order chi connectivity index (χ0) is 22.0. The van der Waals surface area contributed by atoms with Crippen molar-refractivity contribution in [1.29, 1.82) is 0 Å². The van der Waals surface area contributed by atoms with Crippen molar-refractivity contribution < 1.29 is 4.79 Å². The lowest BCUT2D eigenvalue weighted by Crippen LogP contribution is -2.48. The summed E-state index contributed by atoms with van der Waals surface area (Å²) in [6.45, 7) is 1.74. The summed E-state index contributed by atoms with van der Waals surface area (Å²) >= 11 is 14.9. The second kappa shape index (κ2) is 9.81. The highest BCUT2D eigenvalue weighted by atomic mass is 127. The Balaban J connectivity index is 1.71. The Morgan fingerprint density at radius 1 is 1.00 bits per heavy atom. The summed E-state index contributed by atoms with van der Waals surface area (Å²) in [7, 11) is 1.91. The Kier molecular flexibility index (Phi) is 7.11. The van der Waals surface area contributed by atoms with Crippen LogP contribution in [0.1, 0.15) is 24.8 Å². The van der Waals surface area contributed by atoms with Gasteiger partial charge in [-0.05, 0) is 71.3 Å². The summed E-state index contributed by atoms with van der Waals surface area (Å²) in [5.74, 6) is -0.143. The van der Waals surface area contributed by atoms with Gasteiger partial charge in [0.25, 0.3) is 5.91 Å². The van der Waals surface area contributed by atoms with E-state index in [4.69, 9.17) is 23.2 Å². The lowest BCUT2D eigenvalue weighted by molar-refractivity contribution is -0.123. The van der Waals surface area contributed by atoms with Crippen molar-refractivity contribution in [2.24, 2.45) is 0 Å². The molecule has 4 rings (SSSR count). The van der Waals surface area contributed by atoms with E-state index in [2.05, 4.69) is 52.3 Å². The molecule has 2 heterocycles. The van der Waals surface area contributed by atoms with E-state index >= 15 is 0 Å². The quantitative estimate of drug-likeness (QED) is 0.480. The molecule has 0 atom stereocenters. The molecule has 2 aromatic rings. The Hall–Kier alpha value is -1.74. The average molecular weight is 569 g/mol. The second-order valence-corrected chi connectivity index (χ2v) is 9.68. The van der Waals surface area contributed by atoms with Gasteiger partial charge in [0, 0.05) is 41.1 Å². The minimum absolute atomic E-state index is 0.143. The van der Waals surface area contributed by atoms with Gasteiger partial charge in [-0.15, -0.1) is 0 Å². The monoisotopic (exact) mass is 568 g/mol. The number of hydrogen-bond donors (Lipinski definition) is 1. The highest BCUT2D eigenvalue weighted by Gasteiger charge is 2.27. The molecule has 31 heavy (non-hydrogen) atoms. The highest BCUT2D eigenvalue weighted by Crippen LogP contribution is 2.35. The van der Waals surface area contributed by atoms with Gasteiger partial charge in [0.15, 0.2) is 0 Å². The molecule has 2 aliphatic heterocycles. The van der Waals surface area contributed by atoms with Crippen LogP contribution in [-0.4, -0.2) is 36.0 Å². The average Bonchev–Trinajstić information content (AvgIpc) is 2.75. The third kappa shape index (κ3) is 5.19. The smallest absolute Gasteiger partial charge is 0.283 e. The number of halogens is 3. The minimum Gasteiger partial charge on any atom is -0.337 e. The van der Waals surface area contributed by atoms with Crippen molar-refractivity contribution in [3.63, 3.8) is 0 Å². The van der Waals surface area contributed by atoms with E-state index in [1.54, 1.807) is 12.1 Å². The normalized spacial score (nSPS) is 17.3. The van der Waals surface area contributed by atoms with E-state index in [-0.39, 0.29) is 5.91 Å². The van der Waals surface area contributed by atoms with Crippen molar-refractivity contribution in [3.8, 4) is 0 Å². The van der Waals surface area contributed by atoms with Crippen LogP contribution in [0, 0.1) is 3.57 Å². The van der Waals surface area contributed by atoms with Crippen LogP contribution in [0.2, 0.25) is 10.0 Å². The number of rotatable bonds is 4. The molecule has 1 saturated heterocycles. The summed E-state index contributed by atoms with van der Waals surface area (Å²) in [5, 5.41) is 3.09. The zero-order valence-electron chi connectivity index (χ0n) is 17.1. The molecular formula is C23H23Cl2IN4O. The first-order chi connectivity index (χ1) is 14.9. The first kappa shape index (κ1) is 22.5. The maximum Gasteiger partial charge on any atom is 0.283 e. The number of amides is 1. The number of hydrogen-bond acceptors (Lipinski definition) is 4. The standard InChI is InChI=1S/C23H23Cl2IN4O/c1-28-21(16-5-8-18(26)9-6-16)14-29(20-10-7-17(24)13-19(20)25)15-22(28)23(31)27-30-11-3-2-4-12-30/h5-10,13-15H,2-4,11-12H2,1H3,(H,27,31). The molecule has 5 nitrogen and oxygen atoms in total. The van der Waals surface area contributed by atoms with Crippen LogP contribution in [0.15, 0.2) is 60.6 Å². The van der Waals surface area contributed by atoms with Gasteiger partial charge in [-0.1, -0.05) is 41.8 Å². The summed E-state index contributed by atoms with van der Waals surface area (Å²) in [4.78, 5) is 17.1. The fourth-order valence-corrected chi connectivity index (χ4v) is 4.61. The van der Waals surface area contributed by atoms with E-state index in [9.17, 15) is 4.79 Å². The fraction of sp³-hybridized carbons (Fsp3) is 0.261. The Bertz CT molecular complexity index is 1030. The van der Waals surface area contributed by atoms with Gasteiger partial charge in [-0.25, -0.2) is 5.01 Å². The Morgan fingerprint density at radius 2 is 1.71 bits per heavy atom. The first-order valence-electron chi connectivity index (χ1n) is 10.1. The Labute approximate surface area is 206 Å². The molecule has 0 unspecified atom stereocenters. The van der Waals surface area contributed by atoms with Crippen molar-refractivity contribution in [2.75, 3.05) is 25.0 Å². The molecule has 0 aromatic heterocycles. The van der Waals surface area contributed by atoms with Crippen LogP contribution in [0.25, 0.3) is 5.70 Å². The molecule has 1 fully saturated rings. The van der Waals surface area contributed by atoms with Crippen LogP contribution >= 0.6 is 45.8 Å². The fourth-order valence-electron chi connectivity index (χ4n) is 3.74. The molecule has 2 aliphatic rings. The summed E-state index contributed by atoms with van der Waals surface area (Å²) in [5.41, 5.74) is 6.27. The zero-order valence-corrected chi connectivity index (χ0v) is 20.8. The molecule has 8 heteroatoms. The van der Waals surface area contributed by atoms with Crippen molar-refractivity contribution in [2.45, 2.75) is 19.3 Å². The molecule has 1 N–H and O–H groups in total. The number of hydrazine groups is 1. The molecule has 0 saturated carbocycles. The summed E-state index contributed by atoms with van der Waals surface area (Å²) in [6, 6.07) is 13.6. The van der Waals surface area contributed by atoms with Gasteiger partial charge in [0.2, 0.25) is 0 Å². The van der Waals surface area contributed by atoms with Gasteiger partial charge in [0.1, 0.15) is 5.70 Å². The molecule has 0 bridgehead atoms. The van der Waals surface area contributed by atoms with Crippen LogP contribution < -0.4 is 10.3 Å². The van der Waals surface area contributed by atoms with Crippen molar-refractivity contribution in [1.82, 2.24) is 15.3 Å². The third-order valence-corrected chi connectivity index (χ3v) is 6.68. The lowest BCUT2D eigenvalue weighted by Gasteiger charge is -2.35. The van der Waals surface area contributed by atoms with Gasteiger partial charge in [0.05, 0.1) is 16.4 Å². The second-order valence-electron chi connectivity index (χ2n) is 7.59. The predicted octanol–water partition coefficient (Wildman–Crippen LogP) is 5.71. The Morgan fingerprint density at radius 3 is 2.39 bits per heavy atom. The summed E-state index contributed by atoms with van der Waals surface area (Å²) < 4.78 is 1.15. The van der Waals surface area contributed by atoms with Crippen molar-refractivity contribution >= 4 is 63.1 Å². The molecule has 2 aromatic carbocycles. The van der Waals surface area contributed by atoms with Gasteiger partial charge < -0.3 is 9.80 Å². The first-order valence-corrected chi connectivity index (χ1v) is 12.0. The van der Waals surface area contributed by atoms with Gasteiger partial charge >= 0.3 is 0 Å². The minimum atomic E-state index is -0.143. The van der Waals surface area contributed by atoms with Crippen LogP contribution in [0.3, 0.4) is 0 Å². The van der Waals surface area contributed by atoms with E-state index in [0.717, 1.165) is 46.4 Å². The molecule has 0 radical (unpaired) electrons. The largest absolute Gasteiger partial charge is 0.337 e. The van der Waals surface area contributed by atoms with Gasteiger partial charge in [-0.2, -0.15) is 0 Å². The van der Waals surface area contributed by atoms with Crippen LogP contribution in [0.4, 0.5) is 5.69 Å². The van der Waals surface area contributed by atoms with Crippen LogP contribution in [-0.2, 0) is 4.79 Å². The molecule has 1 amide bonds. The van der Waals surface area contributed by atoms with E-state index in [1.807, 2.05) is 40.3 Å². The number of carbonyl (C=O) groups excluding carboxylic acids is 1. The molecule has 0 spiro atoms. The third-order valence-electron chi connectivity index (χ3n) is 5.42. The SMILES string of the molecule is CN1C(C(=O)NN2CCCCC2)=CN(c2ccc(Cl)cc2Cl)C=C1c1ccc(I)cc1. The van der Waals surface area contributed by atoms with Crippen molar-refractivity contribution in [3.05, 3.63) is 79.7 Å². The van der Waals surface area contributed by atoms with E-state index < -0.39 is 0 Å². The number of likely N-dealkylation sites (N-methyl/N-ethyl adjacent to an activating group) is 1. The highest BCUT2D eigenvalue weighted by molar-refractivity contribution is 14.1. The van der Waals surface area contributed by atoms with Crippen LogP contribution in [0.5, 0.6) is 0 Å². The number of nitrogens with one attached hydrogen (secondary N) is 1. The predicted molar refractivity (Wildman–Crippen MR) is 135 cm³/mol. The molecule has 0 aliphatic carbocycles. The maximum atomic E-state index is 13.3. The lowest BCUT2D eigenvalue weighted by atomic mass is 10.1. The maximum absolute atomic E-state index is 13.3. The topological polar surface area (TPSA) is 38.8 Å². The van der Waals surface area contributed by atoms with E-state index in [0.29, 0.717) is 15.7 Å². The van der Waals surface area contributed by atoms with E-state index in [1.165, 1.54) is 6.42 Å². The molecular weight excluding hydrogens is 546 g/mol. The summed E-state index contributed by atoms with van der Waals surface area (Å²) in [6.07, 6.45) is 7.18.